The highest BCUT2D eigenvalue weighted by Crippen LogP contribution is 2.25. The number of aromatic nitrogens is 3. The molecule has 26 heavy (non-hydrogen) atoms. The van der Waals surface area contributed by atoms with Crippen molar-refractivity contribution in [2.24, 2.45) is 5.18 Å². The molecule has 1 aromatic carbocycles. The number of nitrogens with zero attached hydrogens (tertiary/aromatic N) is 5. The summed E-state index contributed by atoms with van der Waals surface area (Å²) in [5.74, 6) is 1.78. The Hall–Kier alpha value is -3.55. The molecule has 4 rings (SSSR count). The Morgan fingerprint density at radius 2 is 2.04 bits per heavy atom. The maximum absolute atomic E-state index is 10.8. The van der Waals surface area contributed by atoms with Gasteiger partial charge in [0.25, 0.3) is 0 Å². The molecule has 0 spiro atoms. The lowest BCUT2D eigenvalue weighted by Gasteiger charge is -2.28. The molecule has 0 unspecified atom stereocenters. The fraction of sp³-hybridized carbons (Fsp3) is 0.167. The number of benzene rings is 1. The number of hydrogen-bond acceptors (Lipinski definition) is 7. The van der Waals surface area contributed by atoms with Crippen LogP contribution >= 0.6 is 0 Å². The molecule has 1 aliphatic rings. The van der Waals surface area contributed by atoms with Crippen LogP contribution in [0.25, 0.3) is 0 Å². The average Bonchev–Trinajstić information content (AvgIpc) is 3.16. The van der Waals surface area contributed by atoms with E-state index in [9.17, 15) is 4.91 Å². The third-order valence-electron chi connectivity index (χ3n) is 4.51. The first kappa shape index (κ1) is 15.9. The monoisotopic (exact) mass is 347 g/mol. The number of rotatable bonds is 4. The molecule has 8 heteroatoms. The van der Waals surface area contributed by atoms with Gasteiger partial charge in [-0.05, 0) is 35.5 Å². The molecular weight excluding hydrogens is 330 g/mol. The Morgan fingerprint density at radius 1 is 1.15 bits per heavy atom. The minimum atomic E-state index is 0.232. The summed E-state index contributed by atoms with van der Waals surface area (Å²) >= 11 is 0. The van der Waals surface area contributed by atoms with Gasteiger partial charge in [0.1, 0.15) is 17.3 Å². The fourth-order valence-electron chi connectivity index (χ4n) is 3.09. The third kappa shape index (κ3) is 2.81. The van der Waals surface area contributed by atoms with Gasteiger partial charge in [-0.15, -0.1) is 4.91 Å². The predicted molar refractivity (Wildman–Crippen MR) is 99.8 cm³/mol. The number of hydrogen-bond donors (Lipinski definition) is 2. The highest BCUT2D eigenvalue weighted by atomic mass is 16.3. The van der Waals surface area contributed by atoms with Gasteiger partial charge >= 0.3 is 0 Å². The predicted octanol–water partition coefficient (Wildman–Crippen LogP) is 2.69. The van der Waals surface area contributed by atoms with E-state index >= 15 is 0 Å². The van der Waals surface area contributed by atoms with Crippen LogP contribution < -0.4 is 10.6 Å². The van der Waals surface area contributed by atoms with E-state index in [1.165, 1.54) is 12.1 Å². The van der Waals surface area contributed by atoms with Gasteiger partial charge in [0.15, 0.2) is 0 Å². The van der Waals surface area contributed by atoms with E-state index in [-0.39, 0.29) is 11.4 Å². The van der Waals surface area contributed by atoms with E-state index in [1.807, 2.05) is 12.3 Å². The Morgan fingerprint density at radius 3 is 2.88 bits per heavy atom. The maximum Gasteiger partial charge on any atom is 0.129 e. The van der Waals surface area contributed by atoms with Crippen LogP contribution in [-0.4, -0.2) is 26.8 Å². The quantitative estimate of drug-likeness (QED) is 0.428. The SMILES string of the molecule is N=C(c1ccnc(N2CCn3ccnc3C2)c1)c1cc(N=O)ccc1N. The van der Waals surface area contributed by atoms with Gasteiger partial charge in [0.05, 0.1) is 12.3 Å². The first-order chi connectivity index (χ1) is 12.7. The molecule has 2 aromatic heterocycles. The second kappa shape index (κ2) is 6.40. The average molecular weight is 347 g/mol. The molecule has 0 fully saturated rings. The highest BCUT2D eigenvalue weighted by molar-refractivity contribution is 6.14. The van der Waals surface area contributed by atoms with Crippen molar-refractivity contribution in [1.29, 1.82) is 5.41 Å². The molecule has 130 valence electrons. The van der Waals surface area contributed by atoms with Crippen LogP contribution in [0.2, 0.25) is 0 Å². The lowest BCUT2D eigenvalue weighted by atomic mass is 10.0. The summed E-state index contributed by atoms with van der Waals surface area (Å²) in [4.78, 5) is 21.7. The van der Waals surface area contributed by atoms with Crippen LogP contribution in [0.15, 0.2) is 54.1 Å². The van der Waals surface area contributed by atoms with Crippen LogP contribution in [0, 0.1) is 10.3 Å². The molecule has 8 nitrogen and oxygen atoms in total. The highest BCUT2D eigenvalue weighted by Gasteiger charge is 2.19. The Balaban J connectivity index is 1.64. The third-order valence-corrected chi connectivity index (χ3v) is 4.51. The van der Waals surface area contributed by atoms with Crippen LogP contribution in [0.5, 0.6) is 0 Å². The fourth-order valence-corrected chi connectivity index (χ4v) is 3.09. The van der Waals surface area contributed by atoms with Gasteiger partial charge < -0.3 is 15.2 Å². The van der Waals surface area contributed by atoms with Crippen molar-refractivity contribution in [3.63, 3.8) is 0 Å². The lowest BCUT2D eigenvalue weighted by Crippen LogP contribution is -2.34. The van der Waals surface area contributed by atoms with Gasteiger partial charge in [-0.2, -0.15) is 0 Å². The van der Waals surface area contributed by atoms with E-state index in [4.69, 9.17) is 11.1 Å². The zero-order valence-corrected chi connectivity index (χ0v) is 14.0. The number of anilines is 2. The van der Waals surface area contributed by atoms with Gasteiger partial charge in [0, 0.05) is 48.5 Å². The molecule has 3 heterocycles. The Bertz CT molecular complexity index is 995. The number of nitrogen functional groups attached to an aromatic ring is 1. The summed E-state index contributed by atoms with van der Waals surface area (Å²) < 4.78 is 2.13. The van der Waals surface area contributed by atoms with E-state index in [0.717, 1.165) is 24.7 Å². The second-order valence-electron chi connectivity index (χ2n) is 6.10. The standard InChI is InChI=1S/C18H17N7O/c19-15-2-1-13(23-26)10-14(15)18(20)12-3-4-21-16(9-12)25-8-7-24-6-5-22-17(24)11-25/h1-6,9-10,20H,7-8,11,19H2. The minimum Gasteiger partial charge on any atom is -0.398 e. The minimum absolute atomic E-state index is 0.232. The molecule has 0 saturated heterocycles. The van der Waals surface area contributed by atoms with Crippen molar-refractivity contribution in [3.8, 4) is 0 Å². The van der Waals surface area contributed by atoms with Crippen LogP contribution in [0.1, 0.15) is 17.0 Å². The lowest BCUT2D eigenvalue weighted by molar-refractivity contribution is 0.556. The molecule has 0 atom stereocenters. The summed E-state index contributed by atoms with van der Waals surface area (Å²) in [6.07, 6.45) is 5.45. The van der Waals surface area contributed by atoms with Crippen molar-refractivity contribution in [2.45, 2.75) is 13.1 Å². The van der Waals surface area contributed by atoms with Crippen molar-refractivity contribution in [2.75, 3.05) is 17.2 Å². The molecule has 3 aromatic rings. The summed E-state index contributed by atoms with van der Waals surface area (Å²) in [7, 11) is 0. The van der Waals surface area contributed by atoms with Crippen molar-refractivity contribution in [3.05, 3.63) is 70.8 Å². The molecule has 3 N–H and O–H groups in total. The van der Waals surface area contributed by atoms with Gasteiger partial charge in [-0.25, -0.2) is 9.97 Å². The van der Waals surface area contributed by atoms with Gasteiger partial charge in [0.2, 0.25) is 0 Å². The van der Waals surface area contributed by atoms with Crippen LogP contribution in [0.3, 0.4) is 0 Å². The Labute approximate surface area is 149 Å². The Kier molecular flexibility index (Phi) is 3.92. The van der Waals surface area contributed by atoms with Crippen molar-refractivity contribution < 1.29 is 0 Å². The van der Waals surface area contributed by atoms with Crippen molar-refractivity contribution >= 4 is 22.9 Å². The summed E-state index contributed by atoms with van der Waals surface area (Å²) in [6, 6.07) is 8.28. The van der Waals surface area contributed by atoms with Crippen LogP contribution in [0.4, 0.5) is 17.2 Å². The molecule has 0 bridgehead atoms. The summed E-state index contributed by atoms with van der Waals surface area (Å²) in [6.45, 7) is 2.34. The topological polar surface area (TPSA) is 113 Å². The second-order valence-corrected chi connectivity index (χ2v) is 6.10. The molecule has 0 radical (unpaired) electrons. The molecule has 0 saturated carbocycles. The number of imidazole rings is 1. The zero-order valence-electron chi connectivity index (χ0n) is 14.0. The number of nitrogens with two attached hydrogens (primary N) is 1. The van der Waals surface area contributed by atoms with Crippen molar-refractivity contribution in [1.82, 2.24) is 14.5 Å². The largest absolute Gasteiger partial charge is 0.398 e. The molecule has 0 amide bonds. The molecular formula is C18H17N7O. The van der Waals surface area contributed by atoms with Gasteiger partial charge in [-0.3, -0.25) is 5.41 Å². The van der Waals surface area contributed by atoms with E-state index < -0.39 is 0 Å². The zero-order chi connectivity index (χ0) is 18.1. The maximum atomic E-state index is 10.8. The van der Waals surface area contributed by atoms with E-state index in [1.54, 1.807) is 24.5 Å². The first-order valence-corrected chi connectivity index (χ1v) is 8.19. The van der Waals surface area contributed by atoms with E-state index in [2.05, 4.69) is 24.6 Å². The van der Waals surface area contributed by atoms with Gasteiger partial charge in [-0.1, -0.05) is 0 Å². The number of pyridine rings is 1. The smallest absolute Gasteiger partial charge is 0.129 e. The molecule has 0 aliphatic carbocycles. The number of nitrogens with one attached hydrogen (secondary N) is 1. The summed E-state index contributed by atoms with van der Waals surface area (Å²) in [5, 5.41) is 11.4. The molecule has 1 aliphatic heterocycles. The number of nitroso groups, excluding NO2 is 1. The normalized spacial score (nSPS) is 13.3. The number of fused-ring (bicyclic) bond motifs is 1. The van der Waals surface area contributed by atoms with E-state index in [0.29, 0.717) is 23.4 Å². The summed E-state index contributed by atoms with van der Waals surface area (Å²) in [5.41, 5.74) is 8.05. The first-order valence-electron chi connectivity index (χ1n) is 8.19. The van der Waals surface area contributed by atoms with Crippen LogP contribution in [-0.2, 0) is 13.1 Å².